The van der Waals surface area contributed by atoms with Crippen molar-refractivity contribution < 1.29 is 4.79 Å². The molecule has 0 unspecified atom stereocenters. The molecule has 2 aromatic heterocycles. The Morgan fingerprint density at radius 2 is 2.08 bits per heavy atom. The van der Waals surface area contributed by atoms with Crippen LogP contribution in [0.2, 0.25) is 0 Å². The van der Waals surface area contributed by atoms with Crippen molar-refractivity contribution >= 4 is 17.2 Å². The van der Waals surface area contributed by atoms with Gasteiger partial charge in [0.25, 0.3) is 11.5 Å². The zero-order valence-electron chi connectivity index (χ0n) is 13.9. The molecule has 0 saturated carbocycles. The number of H-pyrrole nitrogens is 1. The number of nitrogens with one attached hydrogen (secondary N) is 2. The van der Waals surface area contributed by atoms with Crippen LogP contribution in [0, 0.1) is 0 Å². The third-order valence-corrected chi connectivity index (χ3v) is 4.67. The lowest BCUT2D eigenvalue weighted by molar-refractivity contribution is 0.0946. The molecule has 130 valence electrons. The first-order valence-corrected chi connectivity index (χ1v) is 8.80. The molecule has 0 radical (unpaired) electrons. The smallest absolute Gasteiger partial charge is 0.328 e. The molecule has 0 spiro atoms. The molecule has 0 fully saturated rings. The first-order chi connectivity index (χ1) is 11.6. The van der Waals surface area contributed by atoms with Crippen molar-refractivity contribution in [1.82, 2.24) is 19.8 Å². The van der Waals surface area contributed by atoms with Gasteiger partial charge in [-0.2, -0.15) is 0 Å². The summed E-state index contributed by atoms with van der Waals surface area (Å²) in [6.45, 7) is 7.23. The number of carbonyl (C=O) groups excluding carboxylic acids is 1. The molecule has 2 aromatic rings. The second-order valence-corrected chi connectivity index (χ2v) is 6.29. The van der Waals surface area contributed by atoms with Gasteiger partial charge >= 0.3 is 5.69 Å². The molecular formula is C16H22N4O3S. The molecule has 2 heterocycles. The largest absolute Gasteiger partial charge is 0.351 e. The molecule has 24 heavy (non-hydrogen) atoms. The summed E-state index contributed by atoms with van der Waals surface area (Å²) in [5.74, 6) is -0.469. The van der Waals surface area contributed by atoms with Crippen LogP contribution in [0.5, 0.6) is 0 Å². The van der Waals surface area contributed by atoms with Gasteiger partial charge in [0.2, 0.25) is 0 Å². The van der Waals surface area contributed by atoms with Crippen molar-refractivity contribution in [2.45, 2.75) is 20.4 Å². The highest BCUT2D eigenvalue weighted by molar-refractivity contribution is 7.09. The van der Waals surface area contributed by atoms with E-state index in [0.29, 0.717) is 13.1 Å². The standard InChI is InChI=1S/C16H22N4O3S/c1-3-19(4-2)8-7-17-14(21)13-10-18-16(23)20(15(13)22)11-12-6-5-9-24-12/h5-6,9-10H,3-4,7-8,11H2,1-2H3,(H,17,21)(H,18,23). The molecule has 0 aliphatic heterocycles. The summed E-state index contributed by atoms with van der Waals surface area (Å²) in [5, 5.41) is 4.60. The maximum Gasteiger partial charge on any atom is 0.328 e. The lowest BCUT2D eigenvalue weighted by atomic mass is 10.3. The molecule has 8 heteroatoms. The Balaban J connectivity index is 2.11. The summed E-state index contributed by atoms with van der Waals surface area (Å²) in [6.07, 6.45) is 1.18. The number of rotatable bonds is 8. The van der Waals surface area contributed by atoms with E-state index >= 15 is 0 Å². The number of hydrogen-bond acceptors (Lipinski definition) is 5. The van der Waals surface area contributed by atoms with Crippen LogP contribution in [0.1, 0.15) is 29.1 Å². The Morgan fingerprint density at radius 1 is 1.33 bits per heavy atom. The normalized spacial score (nSPS) is 11.0. The quantitative estimate of drug-likeness (QED) is 0.734. The number of hydrogen-bond donors (Lipinski definition) is 2. The Hall–Kier alpha value is -2.19. The van der Waals surface area contributed by atoms with E-state index in [0.717, 1.165) is 22.5 Å². The first-order valence-electron chi connectivity index (χ1n) is 7.92. The van der Waals surface area contributed by atoms with E-state index in [1.165, 1.54) is 17.5 Å². The van der Waals surface area contributed by atoms with E-state index in [1.807, 2.05) is 17.5 Å². The Kier molecular flexibility index (Phi) is 6.51. The second-order valence-electron chi connectivity index (χ2n) is 5.26. The minimum absolute atomic E-state index is 0.0503. The van der Waals surface area contributed by atoms with Crippen LogP contribution in [0.25, 0.3) is 0 Å². The van der Waals surface area contributed by atoms with Crippen LogP contribution in [-0.4, -0.2) is 46.5 Å². The van der Waals surface area contributed by atoms with Crippen LogP contribution < -0.4 is 16.6 Å². The molecule has 1 amide bonds. The number of aromatic nitrogens is 2. The molecule has 0 aromatic carbocycles. The molecule has 0 bridgehead atoms. The van der Waals surface area contributed by atoms with E-state index in [2.05, 4.69) is 29.0 Å². The summed E-state index contributed by atoms with van der Waals surface area (Å²) in [7, 11) is 0. The van der Waals surface area contributed by atoms with Crippen molar-refractivity contribution in [1.29, 1.82) is 0 Å². The summed E-state index contributed by atoms with van der Waals surface area (Å²) in [6, 6.07) is 3.69. The summed E-state index contributed by atoms with van der Waals surface area (Å²) in [4.78, 5) is 42.1. The van der Waals surface area contributed by atoms with Gasteiger partial charge in [0, 0.05) is 24.2 Å². The summed E-state index contributed by atoms with van der Waals surface area (Å²) >= 11 is 1.45. The van der Waals surface area contributed by atoms with Crippen molar-refractivity contribution in [3.05, 3.63) is 55.0 Å². The number of nitrogens with zero attached hydrogens (tertiary/aromatic N) is 2. The third kappa shape index (κ3) is 4.42. The predicted molar refractivity (Wildman–Crippen MR) is 94.9 cm³/mol. The third-order valence-electron chi connectivity index (χ3n) is 3.81. The van der Waals surface area contributed by atoms with Gasteiger partial charge < -0.3 is 15.2 Å². The molecule has 0 saturated heterocycles. The zero-order valence-corrected chi connectivity index (χ0v) is 14.7. The molecule has 2 rings (SSSR count). The number of carbonyl (C=O) groups is 1. The second kappa shape index (κ2) is 8.60. The average Bonchev–Trinajstić information content (AvgIpc) is 3.08. The maximum atomic E-state index is 12.4. The van der Waals surface area contributed by atoms with Gasteiger partial charge in [-0.1, -0.05) is 19.9 Å². The number of aromatic amines is 1. The highest BCUT2D eigenvalue weighted by Crippen LogP contribution is 2.08. The van der Waals surface area contributed by atoms with Gasteiger partial charge in [0.15, 0.2) is 0 Å². The van der Waals surface area contributed by atoms with Gasteiger partial charge in [0.05, 0.1) is 6.54 Å². The van der Waals surface area contributed by atoms with Gasteiger partial charge in [0.1, 0.15) is 5.56 Å². The fraction of sp³-hybridized carbons (Fsp3) is 0.438. The summed E-state index contributed by atoms with van der Waals surface area (Å²) < 4.78 is 1.05. The molecule has 0 aliphatic carbocycles. The van der Waals surface area contributed by atoms with Gasteiger partial charge in [-0.25, -0.2) is 4.79 Å². The predicted octanol–water partition coefficient (Wildman–Crippen LogP) is 0.718. The fourth-order valence-corrected chi connectivity index (χ4v) is 3.03. The molecule has 2 N–H and O–H groups in total. The van der Waals surface area contributed by atoms with Crippen molar-refractivity contribution in [3.8, 4) is 0 Å². The molecule has 0 aliphatic rings. The average molecular weight is 350 g/mol. The number of likely N-dealkylation sites (N-methyl/N-ethyl adjacent to an activating group) is 1. The number of amides is 1. The van der Waals surface area contributed by atoms with Crippen LogP contribution in [0.3, 0.4) is 0 Å². The van der Waals surface area contributed by atoms with E-state index in [4.69, 9.17) is 0 Å². The lowest BCUT2D eigenvalue weighted by Crippen LogP contribution is -2.42. The highest BCUT2D eigenvalue weighted by Gasteiger charge is 2.15. The minimum atomic E-state index is -0.576. The van der Waals surface area contributed by atoms with E-state index in [1.54, 1.807) is 0 Å². The van der Waals surface area contributed by atoms with Gasteiger partial charge in [-0.15, -0.1) is 11.3 Å². The van der Waals surface area contributed by atoms with Crippen molar-refractivity contribution in [2.75, 3.05) is 26.2 Å². The summed E-state index contributed by atoms with van der Waals surface area (Å²) in [5.41, 5.74) is -1.15. The van der Waals surface area contributed by atoms with Crippen molar-refractivity contribution in [3.63, 3.8) is 0 Å². The number of thiophene rings is 1. The maximum absolute atomic E-state index is 12.4. The lowest BCUT2D eigenvalue weighted by Gasteiger charge is -2.17. The Morgan fingerprint density at radius 3 is 2.71 bits per heavy atom. The van der Waals surface area contributed by atoms with Crippen LogP contribution in [0.15, 0.2) is 33.3 Å². The van der Waals surface area contributed by atoms with E-state index in [9.17, 15) is 14.4 Å². The molecule has 0 atom stereocenters. The molecular weight excluding hydrogens is 328 g/mol. The van der Waals surface area contributed by atoms with Crippen LogP contribution in [0.4, 0.5) is 0 Å². The van der Waals surface area contributed by atoms with Crippen LogP contribution >= 0.6 is 11.3 Å². The SMILES string of the molecule is CCN(CC)CCNC(=O)c1c[nH]c(=O)n(Cc2cccs2)c1=O. The Labute approximate surface area is 143 Å². The van der Waals surface area contributed by atoms with Gasteiger partial charge in [-0.3, -0.25) is 14.2 Å². The van der Waals surface area contributed by atoms with E-state index in [-0.39, 0.29) is 12.1 Å². The zero-order chi connectivity index (χ0) is 17.5. The van der Waals surface area contributed by atoms with E-state index < -0.39 is 17.2 Å². The Bertz CT molecular complexity index is 775. The van der Waals surface area contributed by atoms with Crippen LogP contribution in [-0.2, 0) is 6.54 Å². The fourth-order valence-electron chi connectivity index (χ4n) is 2.34. The first kappa shape index (κ1) is 18.2. The van der Waals surface area contributed by atoms with Gasteiger partial charge in [-0.05, 0) is 24.5 Å². The highest BCUT2D eigenvalue weighted by atomic mass is 32.1. The molecule has 7 nitrogen and oxygen atoms in total. The van der Waals surface area contributed by atoms with Crippen molar-refractivity contribution in [2.24, 2.45) is 0 Å². The monoisotopic (exact) mass is 350 g/mol. The topological polar surface area (TPSA) is 87.2 Å². The minimum Gasteiger partial charge on any atom is -0.351 e.